The molecule has 0 atom stereocenters. The highest BCUT2D eigenvalue weighted by molar-refractivity contribution is 6.60. The summed E-state index contributed by atoms with van der Waals surface area (Å²) >= 11 is 0. The first-order chi connectivity index (χ1) is 9.73. The quantitative estimate of drug-likeness (QED) is 0.735. The van der Waals surface area contributed by atoms with E-state index in [1.165, 1.54) is 10.9 Å². The molecule has 0 N–H and O–H groups in total. The van der Waals surface area contributed by atoms with Crippen LogP contribution in [-0.4, -0.2) is 35.1 Å². The van der Waals surface area contributed by atoms with E-state index in [1.54, 1.807) is 21.3 Å². The van der Waals surface area contributed by atoms with Crippen LogP contribution >= 0.6 is 0 Å². The molecule has 20 heavy (non-hydrogen) atoms. The number of hydrogen-bond donors (Lipinski definition) is 0. The summed E-state index contributed by atoms with van der Waals surface area (Å²) < 4.78 is 16.3. The Kier molecular flexibility index (Phi) is 5.25. The fourth-order valence-corrected chi connectivity index (χ4v) is 4.05. The van der Waals surface area contributed by atoms with E-state index < -0.39 is 8.80 Å². The molecule has 0 saturated carbocycles. The lowest BCUT2D eigenvalue weighted by atomic mass is 10.1. The third-order valence-electron chi connectivity index (χ3n) is 3.55. The van der Waals surface area contributed by atoms with Gasteiger partial charge in [-0.25, -0.2) is 0 Å². The van der Waals surface area contributed by atoms with Crippen molar-refractivity contribution in [3.63, 3.8) is 0 Å². The maximum absolute atomic E-state index is 5.43. The summed E-state index contributed by atoms with van der Waals surface area (Å²) in [6.07, 6.45) is 3.77. The zero-order valence-corrected chi connectivity index (χ0v) is 13.3. The minimum absolute atomic E-state index is 0.816. The zero-order chi connectivity index (χ0) is 14.4. The predicted octanol–water partition coefficient (Wildman–Crippen LogP) is 3.05. The van der Waals surface area contributed by atoms with Crippen LogP contribution < -0.4 is 0 Å². The summed E-state index contributed by atoms with van der Waals surface area (Å²) in [5.41, 5.74) is 2.32. The van der Waals surface area contributed by atoms with Gasteiger partial charge in [0.15, 0.2) is 0 Å². The smallest absolute Gasteiger partial charge is 0.377 e. The first-order valence-corrected chi connectivity index (χ1v) is 8.65. The molecule has 1 heterocycles. The van der Waals surface area contributed by atoms with Crippen LogP contribution in [0.4, 0.5) is 0 Å². The van der Waals surface area contributed by atoms with Gasteiger partial charge in [-0.3, -0.25) is 4.98 Å². The van der Waals surface area contributed by atoms with E-state index in [1.807, 2.05) is 12.3 Å². The number of aromatic nitrogens is 1. The van der Waals surface area contributed by atoms with Crippen molar-refractivity contribution in [2.45, 2.75) is 18.9 Å². The van der Waals surface area contributed by atoms with Gasteiger partial charge >= 0.3 is 8.80 Å². The van der Waals surface area contributed by atoms with Gasteiger partial charge in [-0.2, -0.15) is 0 Å². The lowest BCUT2D eigenvalue weighted by Crippen LogP contribution is -2.42. The Morgan fingerprint density at radius 2 is 1.80 bits per heavy atom. The molecular formula is C15H21NO3Si. The van der Waals surface area contributed by atoms with E-state index in [4.69, 9.17) is 13.3 Å². The molecular weight excluding hydrogens is 270 g/mol. The Balaban J connectivity index is 1.99. The van der Waals surface area contributed by atoms with Gasteiger partial charge in [0, 0.05) is 39.0 Å². The molecule has 5 heteroatoms. The highest BCUT2D eigenvalue weighted by Gasteiger charge is 2.36. The number of aryl methyl sites for hydroxylation is 1. The Morgan fingerprint density at radius 3 is 2.50 bits per heavy atom. The van der Waals surface area contributed by atoms with Crippen molar-refractivity contribution in [2.75, 3.05) is 21.3 Å². The Labute approximate surface area is 121 Å². The molecule has 0 spiro atoms. The lowest BCUT2D eigenvalue weighted by Gasteiger charge is -2.24. The van der Waals surface area contributed by atoms with Crippen molar-refractivity contribution in [2.24, 2.45) is 0 Å². The van der Waals surface area contributed by atoms with Crippen LogP contribution in [0, 0.1) is 0 Å². The van der Waals surface area contributed by atoms with Crippen LogP contribution in [0.2, 0.25) is 6.04 Å². The van der Waals surface area contributed by atoms with Gasteiger partial charge in [0.1, 0.15) is 0 Å². The zero-order valence-electron chi connectivity index (χ0n) is 12.3. The lowest BCUT2D eigenvalue weighted by molar-refractivity contribution is 0.123. The normalized spacial score (nSPS) is 11.9. The Hall–Kier alpha value is -1.27. The summed E-state index contributed by atoms with van der Waals surface area (Å²) in [4.78, 5) is 4.38. The van der Waals surface area contributed by atoms with Crippen LogP contribution in [0.25, 0.3) is 10.9 Å². The molecule has 108 valence electrons. The van der Waals surface area contributed by atoms with Gasteiger partial charge in [0.2, 0.25) is 0 Å². The molecule has 0 fully saturated rings. The van der Waals surface area contributed by atoms with E-state index in [-0.39, 0.29) is 0 Å². The first-order valence-electron chi connectivity index (χ1n) is 6.72. The molecule has 0 aliphatic heterocycles. The molecule has 0 radical (unpaired) electrons. The van der Waals surface area contributed by atoms with E-state index in [2.05, 4.69) is 29.2 Å². The second-order valence-electron chi connectivity index (χ2n) is 4.68. The molecule has 0 amide bonds. The standard InChI is InChI=1S/C15H21NO3Si/c1-17-20(18-2,19-3)11-5-6-13-8-9-14-7-4-10-16-15(14)12-13/h4,7-10,12H,5-6,11H2,1-3H3. The molecule has 0 bridgehead atoms. The average molecular weight is 291 g/mol. The van der Waals surface area contributed by atoms with E-state index in [9.17, 15) is 0 Å². The molecule has 0 aliphatic carbocycles. The fraction of sp³-hybridized carbons (Fsp3) is 0.400. The summed E-state index contributed by atoms with van der Waals surface area (Å²) in [7, 11) is 2.52. The highest BCUT2D eigenvalue weighted by Crippen LogP contribution is 2.19. The Morgan fingerprint density at radius 1 is 1.05 bits per heavy atom. The molecule has 0 aliphatic rings. The predicted molar refractivity (Wildman–Crippen MR) is 81.7 cm³/mol. The number of benzene rings is 1. The molecule has 4 nitrogen and oxygen atoms in total. The van der Waals surface area contributed by atoms with Gasteiger partial charge in [0.05, 0.1) is 5.52 Å². The van der Waals surface area contributed by atoms with Gasteiger partial charge in [0.25, 0.3) is 0 Å². The number of hydrogen-bond acceptors (Lipinski definition) is 4. The molecule has 1 aromatic carbocycles. The fourth-order valence-electron chi connectivity index (χ4n) is 2.33. The van der Waals surface area contributed by atoms with Crippen LogP contribution in [0.5, 0.6) is 0 Å². The summed E-state index contributed by atoms with van der Waals surface area (Å²) in [5.74, 6) is 0. The van der Waals surface area contributed by atoms with Crippen LogP contribution in [0.15, 0.2) is 36.5 Å². The monoisotopic (exact) mass is 291 g/mol. The number of rotatable bonds is 7. The van der Waals surface area contributed by atoms with E-state index in [0.717, 1.165) is 24.4 Å². The average Bonchev–Trinajstić information content (AvgIpc) is 2.52. The van der Waals surface area contributed by atoms with Crippen LogP contribution in [0.3, 0.4) is 0 Å². The topological polar surface area (TPSA) is 40.6 Å². The van der Waals surface area contributed by atoms with E-state index >= 15 is 0 Å². The van der Waals surface area contributed by atoms with Gasteiger partial charge < -0.3 is 13.3 Å². The summed E-state index contributed by atoms with van der Waals surface area (Å²) in [6.45, 7) is 0. The second-order valence-corrected chi connectivity index (χ2v) is 7.77. The minimum Gasteiger partial charge on any atom is -0.377 e. The van der Waals surface area contributed by atoms with Crippen molar-refractivity contribution in [1.82, 2.24) is 4.98 Å². The van der Waals surface area contributed by atoms with Crippen molar-refractivity contribution < 1.29 is 13.3 Å². The largest absolute Gasteiger partial charge is 0.500 e. The van der Waals surface area contributed by atoms with E-state index in [0.29, 0.717) is 0 Å². The maximum atomic E-state index is 5.43. The van der Waals surface area contributed by atoms with Crippen LogP contribution in [-0.2, 0) is 19.7 Å². The third-order valence-corrected chi connectivity index (χ3v) is 6.38. The highest BCUT2D eigenvalue weighted by atomic mass is 28.4. The molecule has 2 rings (SSSR count). The number of fused-ring (bicyclic) bond motifs is 1. The number of pyridine rings is 1. The second kappa shape index (κ2) is 6.94. The molecule has 1 aromatic heterocycles. The van der Waals surface area contributed by atoms with Crippen molar-refractivity contribution in [3.8, 4) is 0 Å². The van der Waals surface area contributed by atoms with Gasteiger partial charge in [-0.05, 0) is 30.5 Å². The van der Waals surface area contributed by atoms with Gasteiger partial charge in [-0.1, -0.05) is 18.2 Å². The summed E-state index contributed by atoms with van der Waals surface area (Å²) in [5, 5.41) is 1.17. The summed E-state index contributed by atoms with van der Waals surface area (Å²) in [6, 6.07) is 11.3. The Bertz CT molecular complexity index is 549. The number of nitrogens with zero attached hydrogens (tertiary/aromatic N) is 1. The van der Waals surface area contributed by atoms with Gasteiger partial charge in [-0.15, -0.1) is 0 Å². The molecule has 0 saturated heterocycles. The first kappa shape index (κ1) is 15.1. The van der Waals surface area contributed by atoms with Crippen molar-refractivity contribution in [3.05, 3.63) is 42.1 Å². The van der Waals surface area contributed by atoms with Crippen molar-refractivity contribution >= 4 is 19.7 Å². The minimum atomic E-state index is -2.44. The maximum Gasteiger partial charge on any atom is 0.500 e. The molecule has 0 unspecified atom stereocenters. The third kappa shape index (κ3) is 3.43. The van der Waals surface area contributed by atoms with Crippen LogP contribution in [0.1, 0.15) is 12.0 Å². The molecule has 2 aromatic rings. The SMILES string of the molecule is CO[Si](CCCc1ccc2cccnc2c1)(OC)OC. The van der Waals surface area contributed by atoms with Crippen molar-refractivity contribution in [1.29, 1.82) is 0 Å².